The molecular weight excluding hydrogens is 385 g/mol. The maximum atomic E-state index is 14.1. The molecule has 0 fully saturated rings. The fourth-order valence-electron chi connectivity index (χ4n) is 1.57. The number of carbonyl (C=O) groups is 1. The summed E-state index contributed by atoms with van der Waals surface area (Å²) in [4.78, 5) is 10.3. The minimum Gasteiger partial charge on any atom is -0.478 e. The Morgan fingerprint density at radius 1 is 1.52 bits per heavy atom. The molecule has 1 aromatic rings. The number of nitrogens with one attached hydrogen (secondary N) is 1. The summed E-state index contributed by atoms with van der Waals surface area (Å²) < 4.78 is 41.0. The van der Waals surface area contributed by atoms with E-state index in [0.29, 0.717) is 5.75 Å². The van der Waals surface area contributed by atoms with Gasteiger partial charge in [-0.25, -0.2) is 22.3 Å². The Labute approximate surface area is 135 Å². The molecule has 21 heavy (non-hydrogen) atoms. The summed E-state index contributed by atoms with van der Waals surface area (Å²) >= 11 is 4.53. The molecular formula is C12H15BrFNO4S2. The zero-order valence-electron chi connectivity index (χ0n) is 11.4. The van der Waals surface area contributed by atoms with Crippen LogP contribution in [0.25, 0.3) is 0 Å². The van der Waals surface area contributed by atoms with E-state index in [9.17, 15) is 17.6 Å². The molecule has 118 valence electrons. The average Bonchev–Trinajstić information content (AvgIpc) is 2.37. The van der Waals surface area contributed by atoms with E-state index in [2.05, 4.69) is 20.7 Å². The Morgan fingerprint density at radius 3 is 2.67 bits per heavy atom. The van der Waals surface area contributed by atoms with Crippen LogP contribution in [0.4, 0.5) is 4.39 Å². The van der Waals surface area contributed by atoms with Crippen LogP contribution in [0.5, 0.6) is 0 Å². The van der Waals surface area contributed by atoms with Crippen molar-refractivity contribution in [2.75, 3.05) is 11.5 Å². The van der Waals surface area contributed by atoms with E-state index in [1.807, 2.05) is 6.92 Å². The number of carboxylic acid groups (broad SMARTS) is 1. The van der Waals surface area contributed by atoms with Gasteiger partial charge in [0.25, 0.3) is 0 Å². The SMILES string of the molecule is CCSCC(C)NS(=O)(=O)c1cc(Br)cc(C(=O)O)c1F. The summed E-state index contributed by atoms with van der Waals surface area (Å²) in [5.74, 6) is -1.43. The Hall–Kier alpha value is -0.640. The van der Waals surface area contributed by atoms with E-state index >= 15 is 0 Å². The van der Waals surface area contributed by atoms with Gasteiger partial charge in [0.05, 0.1) is 5.56 Å². The van der Waals surface area contributed by atoms with Crippen LogP contribution in [-0.4, -0.2) is 37.0 Å². The second-order valence-corrected chi connectivity index (χ2v) is 8.17. The van der Waals surface area contributed by atoms with Crippen molar-refractivity contribution in [1.29, 1.82) is 0 Å². The number of sulfonamides is 1. The zero-order chi connectivity index (χ0) is 16.2. The lowest BCUT2D eigenvalue weighted by molar-refractivity contribution is 0.0691. The van der Waals surface area contributed by atoms with Gasteiger partial charge in [-0.1, -0.05) is 22.9 Å². The molecule has 0 saturated heterocycles. The average molecular weight is 400 g/mol. The molecule has 9 heteroatoms. The molecule has 1 unspecified atom stereocenters. The Kier molecular flexibility index (Phi) is 6.64. The molecule has 0 amide bonds. The molecule has 1 atom stereocenters. The molecule has 0 aliphatic carbocycles. The number of thioether (sulfide) groups is 1. The third-order valence-corrected chi connectivity index (χ3v) is 5.64. The van der Waals surface area contributed by atoms with Crippen molar-refractivity contribution in [1.82, 2.24) is 4.72 Å². The van der Waals surface area contributed by atoms with E-state index in [1.165, 1.54) is 0 Å². The minimum atomic E-state index is -4.13. The summed E-state index contributed by atoms with van der Waals surface area (Å²) in [6, 6.07) is 1.67. The van der Waals surface area contributed by atoms with Crippen molar-refractivity contribution in [3.05, 3.63) is 28.0 Å². The minimum absolute atomic E-state index is 0.178. The third-order valence-electron chi connectivity index (χ3n) is 2.45. The van der Waals surface area contributed by atoms with Crippen molar-refractivity contribution in [3.63, 3.8) is 0 Å². The van der Waals surface area contributed by atoms with Crippen LogP contribution in [0.3, 0.4) is 0 Å². The van der Waals surface area contributed by atoms with Gasteiger partial charge in [0.2, 0.25) is 10.0 Å². The lowest BCUT2D eigenvalue weighted by atomic mass is 10.2. The number of halogens is 2. The molecule has 0 bridgehead atoms. The standard InChI is InChI=1S/C12H15BrFNO4S2/c1-3-20-6-7(2)15-21(18,19)10-5-8(13)4-9(11(10)14)12(16)17/h4-5,7,15H,3,6H2,1-2H3,(H,16,17). The van der Waals surface area contributed by atoms with Crippen LogP contribution >= 0.6 is 27.7 Å². The van der Waals surface area contributed by atoms with Crippen LogP contribution < -0.4 is 4.72 Å². The first-order chi connectivity index (χ1) is 9.69. The molecule has 1 aromatic carbocycles. The van der Waals surface area contributed by atoms with Crippen molar-refractivity contribution in [2.24, 2.45) is 0 Å². The molecule has 5 nitrogen and oxygen atoms in total. The molecule has 0 radical (unpaired) electrons. The van der Waals surface area contributed by atoms with Crippen molar-refractivity contribution >= 4 is 43.7 Å². The fraction of sp³-hybridized carbons (Fsp3) is 0.417. The summed E-state index contributed by atoms with van der Waals surface area (Å²) in [6.45, 7) is 3.60. The smallest absolute Gasteiger partial charge is 0.338 e. The first kappa shape index (κ1) is 18.4. The summed E-state index contributed by atoms with van der Waals surface area (Å²) in [5.41, 5.74) is -0.694. The summed E-state index contributed by atoms with van der Waals surface area (Å²) in [6.07, 6.45) is 0. The molecule has 0 saturated carbocycles. The van der Waals surface area contributed by atoms with Gasteiger partial charge in [-0.05, 0) is 24.8 Å². The Morgan fingerprint density at radius 2 is 2.14 bits per heavy atom. The first-order valence-corrected chi connectivity index (χ1v) is 9.44. The quantitative estimate of drug-likeness (QED) is 0.736. The molecule has 1 rings (SSSR count). The predicted octanol–water partition coefficient (Wildman–Crippen LogP) is 2.71. The number of aromatic carboxylic acids is 1. The molecule has 2 N–H and O–H groups in total. The highest BCUT2D eigenvalue weighted by atomic mass is 79.9. The second kappa shape index (κ2) is 7.57. The lowest BCUT2D eigenvalue weighted by Crippen LogP contribution is -2.35. The molecule has 0 aliphatic heterocycles. The normalized spacial score (nSPS) is 13.1. The number of carboxylic acids is 1. The number of hydrogen-bond acceptors (Lipinski definition) is 4. The third kappa shape index (κ3) is 4.94. The van der Waals surface area contributed by atoms with Gasteiger partial charge >= 0.3 is 5.97 Å². The van der Waals surface area contributed by atoms with Crippen molar-refractivity contribution in [3.8, 4) is 0 Å². The van der Waals surface area contributed by atoms with Gasteiger partial charge in [-0.3, -0.25) is 0 Å². The lowest BCUT2D eigenvalue weighted by Gasteiger charge is -2.15. The van der Waals surface area contributed by atoms with Gasteiger partial charge in [-0.15, -0.1) is 0 Å². The van der Waals surface area contributed by atoms with Crippen LogP contribution in [0.1, 0.15) is 24.2 Å². The van der Waals surface area contributed by atoms with Gasteiger partial charge < -0.3 is 5.11 Å². The summed E-state index contributed by atoms with van der Waals surface area (Å²) in [7, 11) is -4.13. The maximum absolute atomic E-state index is 14.1. The fourth-order valence-corrected chi connectivity index (χ4v) is 4.33. The number of benzene rings is 1. The number of hydrogen-bond donors (Lipinski definition) is 2. The topological polar surface area (TPSA) is 83.5 Å². The van der Waals surface area contributed by atoms with E-state index in [0.717, 1.165) is 17.9 Å². The molecule has 0 spiro atoms. The van der Waals surface area contributed by atoms with Gasteiger partial charge in [0.15, 0.2) is 5.82 Å². The van der Waals surface area contributed by atoms with Crippen LogP contribution in [-0.2, 0) is 10.0 Å². The first-order valence-electron chi connectivity index (χ1n) is 6.01. The largest absolute Gasteiger partial charge is 0.478 e. The highest BCUT2D eigenvalue weighted by Crippen LogP contribution is 2.24. The second-order valence-electron chi connectivity index (χ2n) is 4.25. The van der Waals surface area contributed by atoms with E-state index in [-0.39, 0.29) is 4.47 Å². The van der Waals surface area contributed by atoms with Crippen molar-refractivity contribution in [2.45, 2.75) is 24.8 Å². The van der Waals surface area contributed by atoms with E-state index in [1.54, 1.807) is 18.7 Å². The van der Waals surface area contributed by atoms with E-state index < -0.39 is 38.3 Å². The van der Waals surface area contributed by atoms with Crippen LogP contribution in [0, 0.1) is 5.82 Å². The summed E-state index contributed by atoms with van der Waals surface area (Å²) in [5, 5.41) is 8.90. The zero-order valence-corrected chi connectivity index (χ0v) is 14.6. The van der Waals surface area contributed by atoms with Gasteiger partial charge in [0, 0.05) is 16.3 Å². The van der Waals surface area contributed by atoms with Gasteiger partial charge in [0.1, 0.15) is 4.90 Å². The van der Waals surface area contributed by atoms with Crippen LogP contribution in [0.15, 0.2) is 21.5 Å². The van der Waals surface area contributed by atoms with Gasteiger partial charge in [-0.2, -0.15) is 11.8 Å². The molecule has 0 heterocycles. The molecule has 0 aromatic heterocycles. The monoisotopic (exact) mass is 399 g/mol. The highest BCUT2D eigenvalue weighted by Gasteiger charge is 2.26. The van der Waals surface area contributed by atoms with E-state index in [4.69, 9.17) is 5.11 Å². The number of rotatable bonds is 7. The Bertz CT molecular complexity index is 636. The Balaban J connectivity index is 3.17. The predicted molar refractivity (Wildman–Crippen MR) is 83.8 cm³/mol. The maximum Gasteiger partial charge on any atom is 0.338 e. The van der Waals surface area contributed by atoms with Crippen LogP contribution in [0.2, 0.25) is 0 Å². The molecule has 0 aliphatic rings. The van der Waals surface area contributed by atoms with Crippen molar-refractivity contribution < 1.29 is 22.7 Å². The highest BCUT2D eigenvalue weighted by molar-refractivity contribution is 9.10.